The second-order valence-corrected chi connectivity index (χ2v) is 7.62. The van der Waals surface area contributed by atoms with E-state index in [0.717, 1.165) is 48.2 Å². The first-order chi connectivity index (χ1) is 14.1. The molecule has 7 heteroatoms. The van der Waals surface area contributed by atoms with Gasteiger partial charge in [0.1, 0.15) is 5.82 Å². The predicted octanol–water partition coefficient (Wildman–Crippen LogP) is 3.13. The number of benzene rings is 1. The number of carbonyl (C=O) groups is 1. The maximum absolute atomic E-state index is 12.2. The third kappa shape index (κ3) is 4.19. The maximum atomic E-state index is 12.2. The first-order valence-electron chi connectivity index (χ1n) is 9.79. The number of piperidine rings is 1. The van der Waals surface area contributed by atoms with Gasteiger partial charge >= 0.3 is 5.97 Å². The molecule has 0 amide bonds. The largest absolute Gasteiger partial charge is 0.469 e. The van der Waals surface area contributed by atoms with E-state index in [1.807, 2.05) is 36.4 Å². The van der Waals surface area contributed by atoms with Crippen molar-refractivity contribution in [2.45, 2.75) is 24.8 Å². The average molecular weight is 391 g/mol. The Morgan fingerprint density at radius 3 is 2.69 bits per heavy atom. The number of hydrogen-bond donors (Lipinski definition) is 1. The highest BCUT2D eigenvalue weighted by Crippen LogP contribution is 2.33. The van der Waals surface area contributed by atoms with Crippen molar-refractivity contribution in [3.63, 3.8) is 0 Å². The number of para-hydroxylation sites is 1. The molecule has 4 rings (SSSR count). The van der Waals surface area contributed by atoms with Crippen LogP contribution in [0.15, 0.2) is 48.8 Å². The quantitative estimate of drug-likeness (QED) is 0.669. The van der Waals surface area contributed by atoms with E-state index in [-0.39, 0.29) is 5.97 Å². The molecule has 150 valence electrons. The van der Waals surface area contributed by atoms with E-state index in [4.69, 9.17) is 14.7 Å². The van der Waals surface area contributed by atoms with Crippen LogP contribution in [0.2, 0.25) is 0 Å². The Labute approximate surface area is 170 Å². The Hall–Kier alpha value is -3.06. The van der Waals surface area contributed by atoms with Crippen LogP contribution < -0.4 is 5.32 Å². The number of methoxy groups -OCH3 is 1. The summed E-state index contributed by atoms with van der Waals surface area (Å²) in [5, 5.41) is 4.57. The predicted molar refractivity (Wildman–Crippen MR) is 112 cm³/mol. The number of anilines is 1. The number of ether oxygens (including phenoxy) is 1. The average Bonchev–Trinajstić information content (AvgIpc) is 2.76. The lowest BCUT2D eigenvalue weighted by atomic mass is 9.84. The number of pyridine rings is 1. The molecule has 1 saturated heterocycles. The van der Waals surface area contributed by atoms with Gasteiger partial charge in [-0.25, -0.2) is 9.97 Å². The van der Waals surface area contributed by atoms with Crippen molar-refractivity contribution in [3.05, 3.63) is 48.8 Å². The fourth-order valence-electron chi connectivity index (χ4n) is 3.79. The molecule has 1 N–H and O–H groups in total. The molecule has 0 atom stereocenters. The Morgan fingerprint density at radius 1 is 1.17 bits per heavy atom. The van der Waals surface area contributed by atoms with Gasteiger partial charge in [0.15, 0.2) is 5.82 Å². The Morgan fingerprint density at radius 2 is 1.97 bits per heavy atom. The van der Waals surface area contributed by atoms with Gasteiger partial charge in [-0.2, -0.15) is 0 Å². The fourth-order valence-corrected chi connectivity index (χ4v) is 3.79. The summed E-state index contributed by atoms with van der Waals surface area (Å²) in [5.41, 5.74) is 1.31. The molecule has 0 saturated carbocycles. The normalized spacial score (nSPS) is 16.5. The highest BCUT2D eigenvalue weighted by Gasteiger charge is 2.37. The highest BCUT2D eigenvalue weighted by molar-refractivity contribution is 5.91. The third-order valence-corrected chi connectivity index (χ3v) is 5.56. The van der Waals surface area contributed by atoms with Gasteiger partial charge in [-0.1, -0.05) is 12.1 Å². The Bertz CT molecular complexity index is 1000. The van der Waals surface area contributed by atoms with Crippen LogP contribution in [0.25, 0.3) is 22.3 Å². The molecule has 1 aromatic carbocycles. The maximum Gasteiger partial charge on any atom is 0.307 e. The summed E-state index contributed by atoms with van der Waals surface area (Å²) in [7, 11) is 3.54. The fraction of sp³-hybridized carbons (Fsp3) is 0.364. The molecular formula is C22H25N5O2. The number of esters is 1. The van der Waals surface area contributed by atoms with Crippen molar-refractivity contribution in [3.8, 4) is 11.4 Å². The standard InChI is InChI=1S/C22H25N5O2/c1-27-12-9-22(10-13-27,14-19(28)29-2)26-21-17-7-3-4-8-18(17)24-20(25-21)16-6-5-11-23-15-16/h3-8,11,15H,9-10,12-14H2,1-2H3,(H,24,25,26). The van der Waals surface area contributed by atoms with Crippen LogP contribution in [0.3, 0.4) is 0 Å². The van der Waals surface area contributed by atoms with Crippen LogP contribution in [0.5, 0.6) is 0 Å². The monoisotopic (exact) mass is 391 g/mol. The molecular weight excluding hydrogens is 366 g/mol. The molecule has 7 nitrogen and oxygen atoms in total. The molecule has 0 bridgehead atoms. The zero-order valence-electron chi connectivity index (χ0n) is 16.8. The first-order valence-corrected chi connectivity index (χ1v) is 9.79. The summed E-state index contributed by atoms with van der Waals surface area (Å²) in [6, 6.07) is 11.7. The molecule has 3 heterocycles. The summed E-state index contributed by atoms with van der Waals surface area (Å²) in [6.07, 6.45) is 5.46. The van der Waals surface area contributed by atoms with Crippen LogP contribution >= 0.6 is 0 Å². The first kappa shape index (κ1) is 19.3. The molecule has 0 aliphatic carbocycles. The van der Waals surface area contributed by atoms with Gasteiger partial charge in [0.2, 0.25) is 0 Å². The minimum Gasteiger partial charge on any atom is -0.469 e. The molecule has 3 aromatic rings. The second kappa shape index (κ2) is 8.13. The van der Waals surface area contributed by atoms with E-state index in [0.29, 0.717) is 12.2 Å². The van der Waals surface area contributed by atoms with Crippen molar-refractivity contribution in [2.75, 3.05) is 32.6 Å². The number of nitrogens with one attached hydrogen (secondary N) is 1. The molecule has 0 spiro atoms. The van der Waals surface area contributed by atoms with E-state index in [1.54, 1.807) is 12.4 Å². The van der Waals surface area contributed by atoms with E-state index in [2.05, 4.69) is 22.2 Å². The number of carbonyl (C=O) groups excluding carboxylic acids is 1. The van der Waals surface area contributed by atoms with Gasteiger partial charge in [0.25, 0.3) is 0 Å². The van der Waals surface area contributed by atoms with Crippen LogP contribution in [0.4, 0.5) is 5.82 Å². The molecule has 1 aliphatic rings. The summed E-state index contributed by atoms with van der Waals surface area (Å²) in [6.45, 7) is 1.81. The summed E-state index contributed by atoms with van der Waals surface area (Å²) < 4.78 is 4.99. The van der Waals surface area contributed by atoms with E-state index in [1.165, 1.54) is 7.11 Å². The molecule has 0 radical (unpaired) electrons. The molecule has 29 heavy (non-hydrogen) atoms. The lowest BCUT2D eigenvalue weighted by Gasteiger charge is -2.41. The highest BCUT2D eigenvalue weighted by atomic mass is 16.5. The zero-order valence-corrected chi connectivity index (χ0v) is 16.8. The third-order valence-electron chi connectivity index (χ3n) is 5.56. The molecule has 0 unspecified atom stereocenters. The van der Waals surface area contributed by atoms with Gasteiger partial charge < -0.3 is 15.0 Å². The van der Waals surface area contributed by atoms with Gasteiger partial charge in [-0.3, -0.25) is 9.78 Å². The lowest BCUT2D eigenvalue weighted by Crippen LogP contribution is -2.49. The number of rotatable bonds is 5. The van der Waals surface area contributed by atoms with E-state index < -0.39 is 5.54 Å². The summed E-state index contributed by atoms with van der Waals surface area (Å²) >= 11 is 0. The SMILES string of the molecule is COC(=O)CC1(Nc2nc(-c3cccnc3)nc3ccccc23)CCN(C)CC1. The van der Waals surface area contributed by atoms with Crippen molar-refractivity contribution >= 4 is 22.7 Å². The summed E-state index contributed by atoms with van der Waals surface area (Å²) in [4.78, 5) is 28.2. The molecule has 1 aliphatic heterocycles. The van der Waals surface area contributed by atoms with Crippen LogP contribution in [-0.2, 0) is 9.53 Å². The molecule has 2 aromatic heterocycles. The second-order valence-electron chi connectivity index (χ2n) is 7.62. The smallest absolute Gasteiger partial charge is 0.307 e. The topological polar surface area (TPSA) is 80.2 Å². The summed E-state index contributed by atoms with van der Waals surface area (Å²) in [5.74, 6) is 1.14. The van der Waals surface area contributed by atoms with Crippen molar-refractivity contribution < 1.29 is 9.53 Å². The van der Waals surface area contributed by atoms with Crippen LogP contribution in [0.1, 0.15) is 19.3 Å². The number of aromatic nitrogens is 3. The number of likely N-dealkylation sites (tertiary alicyclic amines) is 1. The van der Waals surface area contributed by atoms with E-state index in [9.17, 15) is 4.79 Å². The van der Waals surface area contributed by atoms with Crippen molar-refractivity contribution in [1.82, 2.24) is 19.9 Å². The Kier molecular flexibility index (Phi) is 5.40. The minimum atomic E-state index is -0.400. The minimum absolute atomic E-state index is 0.215. The van der Waals surface area contributed by atoms with Crippen molar-refractivity contribution in [1.29, 1.82) is 0 Å². The van der Waals surface area contributed by atoms with Crippen molar-refractivity contribution in [2.24, 2.45) is 0 Å². The van der Waals surface area contributed by atoms with Crippen LogP contribution in [0, 0.1) is 0 Å². The number of hydrogen-bond acceptors (Lipinski definition) is 7. The number of fused-ring (bicyclic) bond motifs is 1. The van der Waals surface area contributed by atoms with Gasteiger partial charge in [-0.15, -0.1) is 0 Å². The van der Waals surface area contributed by atoms with Gasteiger partial charge in [0.05, 0.1) is 24.6 Å². The lowest BCUT2D eigenvalue weighted by molar-refractivity contribution is -0.142. The molecule has 1 fully saturated rings. The van der Waals surface area contributed by atoms with Crippen LogP contribution in [-0.4, -0.2) is 58.6 Å². The van der Waals surface area contributed by atoms with Gasteiger partial charge in [-0.05, 0) is 44.2 Å². The number of nitrogens with zero attached hydrogens (tertiary/aromatic N) is 4. The zero-order chi connectivity index (χ0) is 20.3. The van der Waals surface area contributed by atoms with Gasteiger partial charge in [0, 0.05) is 36.4 Å². The Balaban J connectivity index is 1.77. The van der Waals surface area contributed by atoms with E-state index >= 15 is 0 Å².